The third kappa shape index (κ3) is 3.69. The van der Waals surface area contributed by atoms with Crippen molar-refractivity contribution in [3.05, 3.63) is 29.6 Å². The summed E-state index contributed by atoms with van der Waals surface area (Å²) >= 11 is 0. The molecule has 1 aromatic carbocycles. The summed E-state index contributed by atoms with van der Waals surface area (Å²) in [5.41, 5.74) is 0.709. The molecule has 19 heavy (non-hydrogen) atoms. The van der Waals surface area contributed by atoms with Gasteiger partial charge in [-0.05, 0) is 39.3 Å². The van der Waals surface area contributed by atoms with Gasteiger partial charge in [0.2, 0.25) is 0 Å². The lowest BCUT2D eigenvalue weighted by Gasteiger charge is -2.27. The Balaban J connectivity index is 3.13. The van der Waals surface area contributed by atoms with Crippen LogP contribution in [0.25, 0.3) is 0 Å². The highest BCUT2D eigenvalue weighted by Crippen LogP contribution is 2.22. The average Bonchev–Trinajstić information content (AvgIpc) is 2.37. The van der Waals surface area contributed by atoms with Crippen molar-refractivity contribution >= 4 is 11.6 Å². The summed E-state index contributed by atoms with van der Waals surface area (Å²) in [6.45, 7) is 9.11. The first kappa shape index (κ1) is 15.5. The Morgan fingerprint density at radius 2 is 2.05 bits per heavy atom. The van der Waals surface area contributed by atoms with Gasteiger partial charge in [0.05, 0.1) is 11.3 Å². The SMILES string of the molecule is CCCN(C(=O)c1cccc(F)c1NCC)C(C)C. The number of nitrogens with zero attached hydrogens (tertiary/aromatic N) is 1. The highest BCUT2D eigenvalue weighted by atomic mass is 19.1. The van der Waals surface area contributed by atoms with Gasteiger partial charge < -0.3 is 10.2 Å². The number of rotatable bonds is 6. The topological polar surface area (TPSA) is 32.3 Å². The average molecular weight is 266 g/mol. The zero-order valence-corrected chi connectivity index (χ0v) is 12.2. The molecule has 0 atom stereocenters. The van der Waals surface area contributed by atoms with Crippen molar-refractivity contribution < 1.29 is 9.18 Å². The summed E-state index contributed by atoms with van der Waals surface area (Å²) in [6.07, 6.45) is 0.885. The van der Waals surface area contributed by atoms with Crippen molar-refractivity contribution in [1.29, 1.82) is 0 Å². The number of para-hydroxylation sites is 1. The van der Waals surface area contributed by atoms with Gasteiger partial charge in [-0.1, -0.05) is 13.0 Å². The summed E-state index contributed by atoms with van der Waals surface area (Å²) < 4.78 is 13.8. The molecule has 106 valence electrons. The first-order valence-corrected chi connectivity index (χ1v) is 6.86. The number of hydrogen-bond acceptors (Lipinski definition) is 2. The van der Waals surface area contributed by atoms with Crippen LogP contribution in [0.5, 0.6) is 0 Å². The van der Waals surface area contributed by atoms with Crippen molar-refractivity contribution in [3.8, 4) is 0 Å². The van der Waals surface area contributed by atoms with Crippen LogP contribution in [-0.4, -0.2) is 29.9 Å². The summed E-state index contributed by atoms with van der Waals surface area (Å²) in [7, 11) is 0. The number of amides is 1. The molecule has 0 aliphatic carbocycles. The molecular weight excluding hydrogens is 243 g/mol. The lowest BCUT2D eigenvalue weighted by atomic mass is 10.1. The molecule has 0 fully saturated rings. The third-order valence-corrected chi connectivity index (χ3v) is 2.95. The number of carbonyl (C=O) groups excluding carboxylic acids is 1. The molecule has 1 N–H and O–H groups in total. The Kier molecular flexibility index (Phi) is 5.80. The molecule has 0 aliphatic heterocycles. The number of hydrogen-bond donors (Lipinski definition) is 1. The number of anilines is 1. The van der Waals surface area contributed by atoms with Crippen molar-refractivity contribution in [2.24, 2.45) is 0 Å². The van der Waals surface area contributed by atoms with Crippen LogP contribution >= 0.6 is 0 Å². The number of carbonyl (C=O) groups is 1. The molecule has 0 saturated heterocycles. The van der Waals surface area contributed by atoms with E-state index < -0.39 is 0 Å². The molecule has 1 rings (SSSR count). The van der Waals surface area contributed by atoms with Crippen molar-refractivity contribution in [3.63, 3.8) is 0 Å². The van der Waals surface area contributed by atoms with E-state index in [2.05, 4.69) is 5.32 Å². The van der Waals surface area contributed by atoms with Gasteiger partial charge in [-0.15, -0.1) is 0 Å². The van der Waals surface area contributed by atoms with Crippen LogP contribution in [0.2, 0.25) is 0 Å². The summed E-state index contributed by atoms with van der Waals surface area (Å²) in [6, 6.07) is 4.72. The first-order valence-electron chi connectivity index (χ1n) is 6.86. The fourth-order valence-electron chi connectivity index (χ4n) is 2.05. The molecule has 0 aromatic heterocycles. The van der Waals surface area contributed by atoms with Crippen molar-refractivity contribution in [2.75, 3.05) is 18.4 Å². The minimum Gasteiger partial charge on any atom is -0.382 e. The predicted octanol–water partition coefficient (Wildman–Crippen LogP) is 3.52. The molecule has 4 heteroatoms. The fraction of sp³-hybridized carbons (Fsp3) is 0.533. The van der Waals surface area contributed by atoms with Crippen LogP contribution in [0.3, 0.4) is 0 Å². The molecule has 0 aliphatic rings. The maximum Gasteiger partial charge on any atom is 0.256 e. The van der Waals surface area contributed by atoms with E-state index in [1.54, 1.807) is 17.0 Å². The Bertz CT molecular complexity index is 432. The Morgan fingerprint density at radius 1 is 1.37 bits per heavy atom. The quantitative estimate of drug-likeness (QED) is 0.854. The van der Waals surface area contributed by atoms with Crippen LogP contribution in [0, 0.1) is 5.82 Å². The highest BCUT2D eigenvalue weighted by molar-refractivity contribution is 5.99. The second-order valence-electron chi connectivity index (χ2n) is 4.79. The van der Waals surface area contributed by atoms with Gasteiger partial charge in [-0.25, -0.2) is 4.39 Å². The van der Waals surface area contributed by atoms with Crippen LogP contribution in [0.15, 0.2) is 18.2 Å². The lowest BCUT2D eigenvalue weighted by Crippen LogP contribution is -2.38. The summed E-state index contributed by atoms with van der Waals surface area (Å²) in [4.78, 5) is 14.3. The Hall–Kier alpha value is -1.58. The predicted molar refractivity (Wildman–Crippen MR) is 77.0 cm³/mol. The van der Waals surface area contributed by atoms with E-state index in [9.17, 15) is 9.18 Å². The van der Waals surface area contributed by atoms with Crippen molar-refractivity contribution in [2.45, 2.75) is 40.2 Å². The van der Waals surface area contributed by atoms with E-state index in [1.807, 2.05) is 27.7 Å². The maximum atomic E-state index is 13.8. The number of halogens is 1. The highest BCUT2D eigenvalue weighted by Gasteiger charge is 2.22. The van der Waals surface area contributed by atoms with Gasteiger partial charge in [0.25, 0.3) is 5.91 Å². The molecular formula is C15H23FN2O. The zero-order valence-electron chi connectivity index (χ0n) is 12.2. The molecule has 0 saturated carbocycles. The van der Waals surface area contributed by atoms with Gasteiger partial charge in [-0.2, -0.15) is 0 Å². The molecule has 1 amide bonds. The van der Waals surface area contributed by atoms with Crippen molar-refractivity contribution in [1.82, 2.24) is 4.90 Å². The second-order valence-corrected chi connectivity index (χ2v) is 4.79. The van der Waals surface area contributed by atoms with E-state index in [4.69, 9.17) is 0 Å². The largest absolute Gasteiger partial charge is 0.382 e. The van der Waals surface area contributed by atoms with E-state index in [-0.39, 0.29) is 17.8 Å². The van der Waals surface area contributed by atoms with E-state index >= 15 is 0 Å². The van der Waals surface area contributed by atoms with Gasteiger partial charge in [-0.3, -0.25) is 4.79 Å². The molecule has 0 spiro atoms. The van der Waals surface area contributed by atoms with Gasteiger partial charge >= 0.3 is 0 Å². The summed E-state index contributed by atoms with van der Waals surface area (Å²) in [5.74, 6) is -0.500. The van der Waals surface area contributed by atoms with E-state index in [1.165, 1.54) is 6.07 Å². The monoisotopic (exact) mass is 266 g/mol. The maximum absolute atomic E-state index is 13.8. The molecule has 0 radical (unpaired) electrons. The molecule has 3 nitrogen and oxygen atoms in total. The third-order valence-electron chi connectivity index (χ3n) is 2.95. The smallest absolute Gasteiger partial charge is 0.256 e. The number of benzene rings is 1. The van der Waals surface area contributed by atoms with Crippen LogP contribution in [0.4, 0.5) is 10.1 Å². The minimum absolute atomic E-state index is 0.102. The minimum atomic E-state index is -0.382. The van der Waals surface area contributed by atoms with Gasteiger partial charge in [0.15, 0.2) is 0 Å². The second kappa shape index (κ2) is 7.12. The molecule has 0 unspecified atom stereocenters. The summed E-state index contributed by atoms with van der Waals surface area (Å²) in [5, 5.41) is 2.94. The standard InChI is InChI=1S/C15H23FN2O/c1-5-10-18(11(3)4)15(19)12-8-7-9-13(16)14(12)17-6-2/h7-9,11,17H,5-6,10H2,1-4H3. The van der Waals surface area contributed by atoms with Crippen LogP contribution < -0.4 is 5.32 Å². The van der Waals surface area contributed by atoms with E-state index in [0.29, 0.717) is 24.3 Å². The van der Waals surface area contributed by atoms with Crippen LogP contribution in [0.1, 0.15) is 44.5 Å². The zero-order chi connectivity index (χ0) is 14.4. The fourth-order valence-corrected chi connectivity index (χ4v) is 2.05. The lowest BCUT2D eigenvalue weighted by molar-refractivity contribution is 0.0706. The van der Waals surface area contributed by atoms with Gasteiger partial charge in [0.1, 0.15) is 5.82 Å². The van der Waals surface area contributed by atoms with Gasteiger partial charge in [0, 0.05) is 19.1 Å². The van der Waals surface area contributed by atoms with Crippen LogP contribution in [-0.2, 0) is 0 Å². The molecule has 0 bridgehead atoms. The first-order chi connectivity index (χ1) is 9.02. The Morgan fingerprint density at radius 3 is 2.58 bits per heavy atom. The normalized spacial score (nSPS) is 10.6. The molecule has 1 aromatic rings. The van der Waals surface area contributed by atoms with E-state index in [0.717, 1.165) is 6.42 Å². The number of nitrogens with one attached hydrogen (secondary N) is 1. The Labute approximate surface area is 114 Å². The molecule has 0 heterocycles.